The third kappa shape index (κ3) is 4.05. The number of hydrogen-bond acceptors (Lipinski definition) is 3. The van der Waals surface area contributed by atoms with E-state index < -0.39 is 0 Å². The number of para-hydroxylation sites is 1. The van der Waals surface area contributed by atoms with Gasteiger partial charge in [-0.2, -0.15) is 0 Å². The van der Waals surface area contributed by atoms with Crippen LogP contribution in [0.5, 0.6) is 0 Å². The minimum atomic E-state index is 0.150. The molecule has 2 atom stereocenters. The highest BCUT2D eigenvalue weighted by atomic mass is 16.2. The van der Waals surface area contributed by atoms with Gasteiger partial charge in [0.2, 0.25) is 5.91 Å². The molecule has 1 fully saturated rings. The molecule has 0 saturated carbocycles. The lowest BCUT2D eigenvalue weighted by Crippen LogP contribution is -2.51. The van der Waals surface area contributed by atoms with Gasteiger partial charge in [0.15, 0.2) is 0 Å². The number of nitrogens with two attached hydrogens (primary N) is 1. The topological polar surface area (TPSA) is 49.6 Å². The molecule has 4 nitrogen and oxygen atoms in total. The lowest BCUT2D eigenvalue weighted by atomic mass is 9.94. The normalized spacial score (nSPS) is 23.3. The molecule has 1 amide bonds. The molecule has 4 heteroatoms. The molecule has 0 radical (unpaired) electrons. The van der Waals surface area contributed by atoms with Gasteiger partial charge in [0.25, 0.3) is 0 Å². The van der Waals surface area contributed by atoms with Crippen LogP contribution >= 0.6 is 0 Å². The predicted octanol–water partition coefficient (Wildman–Crippen LogP) is 2.10. The van der Waals surface area contributed by atoms with Crippen LogP contribution in [0.25, 0.3) is 0 Å². The lowest BCUT2D eigenvalue weighted by molar-refractivity contribution is -0.120. The molecule has 2 rings (SSSR count). The van der Waals surface area contributed by atoms with Crippen LogP contribution in [0.15, 0.2) is 30.3 Å². The van der Waals surface area contributed by atoms with Gasteiger partial charge in [-0.1, -0.05) is 25.1 Å². The van der Waals surface area contributed by atoms with Crippen LogP contribution in [0.4, 0.5) is 5.69 Å². The number of benzene rings is 1. The van der Waals surface area contributed by atoms with Crippen molar-refractivity contribution in [1.82, 2.24) is 4.90 Å². The second-order valence-electron chi connectivity index (χ2n) is 6.36. The minimum absolute atomic E-state index is 0.150. The fourth-order valence-corrected chi connectivity index (χ4v) is 2.90. The monoisotopic (exact) mass is 289 g/mol. The third-order valence-electron chi connectivity index (χ3n) is 4.28. The van der Waals surface area contributed by atoms with Crippen molar-refractivity contribution in [3.05, 3.63) is 30.3 Å². The third-order valence-corrected chi connectivity index (χ3v) is 4.28. The second-order valence-corrected chi connectivity index (χ2v) is 6.36. The van der Waals surface area contributed by atoms with Crippen LogP contribution < -0.4 is 10.6 Å². The first-order valence-electron chi connectivity index (χ1n) is 7.84. The zero-order valence-electron chi connectivity index (χ0n) is 13.3. The van der Waals surface area contributed by atoms with Crippen molar-refractivity contribution in [3.63, 3.8) is 0 Å². The van der Waals surface area contributed by atoms with Gasteiger partial charge < -0.3 is 10.6 Å². The molecular weight excluding hydrogens is 262 g/mol. The summed E-state index contributed by atoms with van der Waals surface area (Å²) in [5.41, 5.74) is 7.09. The maximum Gasteiger partial charge on any atom is 0.241 e. The van der Waals surface area contributed by atoms with Gasteiger partial charge in [-0.3, -0.25) is 9.69 Å². The maximum atomic E-state index is 12.7. The molecule has 1 heterocycles. The van der Waals surface area contributed by atoms with Crippen molar-refractivity contribution < 1.29 is 4.79 Å². The van der Waals surface area contributed by atoms with E-state index in [1.807, 2.05) is 35.2 Å². The van der Waals surface area contributed by atoms with Crippen LogP contribution in [0.1, 0.15) is 27.2 Å². The molecule has 2 unspecified atom stereocenters. The molecule has 2 N–H and O–H groups in total. The van der Waals surface area contributed by atoms with Gasteiger partial charge in [-0.15, -0.1) is 0 Å². The summed E-state index contributed by atoms with van der Waals surface area (Å²) < 4.78 is 0. The minimum Gasteiger partial charge on any atom is -0.326 e. The average molecular weight is 289 g/mol. The summed E-state index contributed by atoms with van der Waals surface area (Å²) in [6.07, 6.45) is 1.07. The first-order valence-corrected chi connectivity index (χ1v) is 7.84. The molecule has 0 spiro atoms. The largest absolute Gasteiger partial charge is 0.326 e. The Morgan fingerprint density at radius 1 is 1.38 bits per heavy atom. The van der Waals surface area contributed by atoms with Crippen molar-refractivity contribution in [1.29, 1.82) is 0 Å². The van der Waals surface area contributed by atoms with Gasteiger partial charge in [0.1, 0.15) is 0 Å². The average Bonchev–Trinajstić information content (AvgIpc) is 2.44. The fourth-order valence-electron chi connectivity index (χ4n) is 2.90. The van der Waals surface area contributed by atoms with E-state index in [1.165, 1.54) is 0 Å². The Morgan fingerprint density at radius 3 is 2.62 bits per heavy atom. The standard InChI is InChI=1S/C17H27N3O/c1-13(2)20(15-7-5-4-6-8-15)17(21)12-19-10-9-14(3)16(18)11-19/h4-8,13-14,16H,9-12,18H2,1-3H3. The van der Waals surface area contributed by atoms with Crippen LogP contribution in [-0.2, 0) is 4.79 Å². The van der Waals surface area contributed by atoms with Gasteiger partial charge >= 0.3 is 0 Å². The highest BCUT2D eigenvalue weighted by molar-refractivity contribution is 5.95. The summed E-state index contributed by atoms with van der Waals surface area (Å²) in [7, 11) is 0. The molecule has 0 aromatic heterocycles. The quantitative estimate of drug-likeness (QED) is 0.923. The lowest BCUT2D eigenvalue weighted by Gasteiger charge is -2.36. The van der Waals surface area contributed by atoms with E-state index in [0.717, 1.165) is 25.2 Å². The highest BCUT2D eigenvalue weighted by Gasteiger charge is 2.27. The van der Waals surface area contributed by atoms with Crippen molar-refractivity contribution in [2.24, 2.45) is 11.7 Å². The zero-order chi connectivity index (χ0) is 15.4. The highest BCUT2D eigenvalue weighted by Crippen LogP contribution is 2.19. The Morgan fingerprint density at radius 2 is 2.05 bits per heavy atom. The Kier molecular flexibility index (Phi) is 5.37. The summed E-state index contributed by atoms with van der Waals surface area (Å²) >= 11 is 0. The number of anilines is 1. The molecule has 1 aliphatic rings. The summed E-state index contributed by atoms with van der Waals surface area (Å²) in [5.74, 6) is 0.699. The SMILES string of the molecule is CC1CCN(CC(=O)N(c2ccccc2)C(C)C)CC1N. The van der Waals surface area contributed by atoms with Crippen molar-refractivity contribution in [2.45, 2.75) is 39.3 Å². The molecular formula is C17H27N3O. The van der Waals surface area contributed by atoms with Crippen molar-refractivity contribution >= 4 is 11.6 Å². The van der Waals surface area contributed by atoms with E-state index in [2.05, 4.69) is 25.7 Å². The van der Waals surface area contributed by atoms with Crippen LogP contribution in [-0.4, -0.2) is 42.5 Å². The van der Waals surface area contributed by atoms with Gasteiger partial charge in [0.05, 0.1) is 6.54 Å². The molecule has 1 aliphatic heterocycles. The summed E-state index contributed by atoms with van der Waals surface area (Å²) in [5, 5.41) is 0. The zero-order valence-corrected chi connectivity index (χ0v) is 13.3. The van der Waals surface area contributed by atoms with Crippen LogP contribution in [0.2, 0.25) is 0 Å². The van der Waals surface area contributed by atoms with Crippen molar-refractivity contribution in [2.75, 3.05) is 24.5 Å². The Bertz CT molecular complexity index is 460. The van der Waals surface area contributed by atoms with E-state index in [4.69, 9.17) is 5.73 Å². The first kappa shape index (κ1) is 16.0. The smallest absolute Gasteiger partial charge is 0.241 e. The number of piperidine rings is 1. The van der Waals surface area contributed by atoms with Crippen LogP contribution in [0.3, 0.4) is 0 Å². The second kappa shape index (κ2) is 7.05. The van der Waals surface area contributed by atoms with Gasteiger partial charge in [-0.25, -0.2) is 0 Å². The van der Waals surface area contributed by atoms with E-state index in [9.17, 15) is 4.79 Å². The van der Waals surface area contributed by atoms with Gasteiger partial charge in [0, 0.05) is 24.3 Å². The van der Waals surface area contributed by atoms with E-state index in [1.54, 1.807) is 0 Å². The van der Waals surface area contributed by atoms with E-state index in [0.29, 0.717) is 12.5 Å². The van der Waals surface area contributed by atoms with E-state index >= 15 is 0 Å². The Balaban J connectivity index is 2.03. The number of carbonyl (C=O) groups excluding carboxylic acids is 1. The Hall–Kier alpha value is -1.39. The maximum absolute atomic E-state index is 12.7. The number of rotatable bonds is 4. The van der Waals surface area contributed by atoms with Gasteiger partial charge in [-0.05, 0) is 44.9 Å². The Labute approximate surface area is 127 Å². The molecule has 0 aliphatic carbocycles. The number of nitrogens with zero attached hydrogens (tertiary/aromatic N) is 2. The summed E-state index contributed by atoms with van der Waals surface area (Å²) in [6.45, 7) is 8.51. The molecule has 1 saturated heterocycles. The molecule has 0 bridgehead atoms. The predicted molar refractivity (Wildman–Crippen MR) is 87.3 cm³/mol. The molecule has 21 heavy (non-hydrogen) atoms. The fraction of sp³-hybridized carbons (Fsp3) is 0.588. The number of likely N-dealkylation sites (tertiary alicyclic amines) is 1. The number of hydrogen-bond donors (Lipinski definition) is 1. The number of carbonyl (C=O) groups is 1. The summed E-state index contributed by atoms with van der Waals surface area (Å²) in [4.78, 5) is 16.7. The molecule has 116 valence electrons. The molecule has 1 aromatic carbocycles. The number of amides is 1. The first-order chi connectivity index (χ1) is 9.99. The molecule has 1 aromatic rings. The summed E-state index contributed by atoms with van der Waals surface area (Å²) in [6, 6.07) is 10.2. The van der Waals surface area contributed by atoms with Crippen molar-refractivity contribution in [3.8, 4) is 0 Å². The van der Waals surface area contributed by atoms with E-state index in [-0.39, 0.29) is 18.0 Å². The van der Waals surface area contributed by atoms with Crippen LogP contribution in [0, 0.1) is 5.92 Å².